The van der Waals surface area contributed by atoms with Crippen molar-refractivity contribution in [2.45, 2.75) is 6.92 Å². The number of hydrazine groups is 1. The maximum absolute atomic E-state index is 5.53. The molecular formula is C6H17N3. The third-order valence-corrected chi connectivity index (χ3v) is 1.24. The van der Waals surface area contributed by atoms with Crippen molar-refractivity contribution >= 4 is 0 Å². The predicted octanol–water partition coefficient (Wildman–Crippen LogP) is -0.256. The number of nitrogens with two attached hydrogens (primary N) is 1. The van der Waals surface area contributed by atoms with Crippen LogP contribution in [0.25, 0.3) is 0 Å². The van der Waals surface area contributed by atoms with Crippen LogP contribution in [0, 0.1) is 0 Å². The highest BCUT2D eigenvalue weighted by atomic mass is 15.4. The Morgan fingerprint density at radius 3 is 2.11 bits per heavy atom. The summed E-state index contributed by atoms with van der Waals surface area (Å²) in [6.45, 7) is 4.96. The van der Waals surface area contributed by atoms with Gasteiger partial charge in [0.2, 0.25) is 0 Å². The molecule has 3 nitrogen and oxygen atoms in total. The van der Waals surface area contributed by atoms with E-state index in [4.69, 9.17) is 5.84 Å². The van der Waals surface area contributed by atoms with Gasteiger partial charge in [0.15, 0.2) is 0 Å². The van der Waals surface area contributed by atoms with Crippen molar-refractivity contribution in [1.82, 2.24) is 9.91 Å². The van der Waals surface area contributed by atoms with Gasteiger partial charge in [0.05, 0.1) is 0 Å². The standard InChI is InChI=1S/C6H17N3/c1-4-9(7)6-5-8(2)3/h4-7H2,1-3H3. The minimum atomic E-state index is 0.924. The highest BCUT2D eigenvalue weighted by Gasteiger charge is 1.93. The van der Waals surface area contributed by atoms with E-state index in [2.05, 4.69) is 11.8 Å². The zero-order valence-electron chi connectivity index (χ0n) is 6.59. The van der Waals surface area contributed by atoms with E-state index in [0.717, 1.165) is 19.6 Å². The Hall–Kier alpha value is -0.120. The second kappa shape index (κ2) is 4.73. The van der Waals surface area contributed by atoms with Gasteiger partial charge in [0.25, 0.3) is 0 Å². The first-order valence-electron chi connectivity index (χ1n) is 3.31. The number of likely N-dealkylation sites (N-methyl/N-ethyl adjacent to an activating group) is 2. The Balaban J connectivity index is 3.06. The Morgan fingerprint density at radius 2 is 1.78 bits per heavy atom. The minimum absolute atomic E-state index is 0.924. The smallest absolute Gasteiger partial charge is 0.0256 e. The van der Waals surface area contributed by atoms with Crippen molar-refractivity contribution in [3.05, 3.63) is 0 Å². The molecule has 0 heterocycles. The number of hydrogen-bond donors (Lipinski definition) is 1. The molecule has 0 aromatic heterocycles. The van der Waals surface area contributed by atoms with Gasteiger partial charge in [0, 0.05) is 19.6 Å². The molecule has 0 rings (SSSR count). The van der Waals surface area contributed by atoms with E-state index in [9.17, 15) is 0 Å². The van der Waals surface area contributed by atoms with Gasteiger partial charge in [0.1, 0.15) is 0 Å². The second-order valence-corrected chi connectivity index (χ2v) is 2.43. The van der Waals surface area contributed by atoms with Crippen molar-refractivity contribution in [3.63, 3.8) is 0 Å². The van der Waals surface area contributed by atoms with Gasteiger partial charge < -0.3 is 4.90 Å². The van der Waals surface area contributed by atoms with Crippen LogP contribution in [0.4, 0.5) is 0 Å². The lowest BCUT2D eigenvalue weighted by atomic mass is 10.5. The van der Waals surface area contributed by atoms with Gasteiger partial charge in [-0.2, -0.15) is 0 Å². The highest BCUT2D eigenvalue weighted by Crippen LogP contribution is 1.77. The summed E-state index contributed by atoms with van der Waals surface area (Å²) in [6.07, 6.45) is 0. The maximum Gasteiger partial charge on any atom is 0.0256 e. The van der Waals surface area contributed by atoms with E-state index in [-0.39, 0.29) is 0 Å². The largest absolute Gasteiger partial charge is 0.308 e. The molecule has 2 N–H and O–H groups in total. The molecule has 0 atom stereocenters. The lowest BCUT2D eigenvalue weighted by Crippen LogP contribution is -2.36. The SMILES string of the molecule is CCN(N)CCN(C)C. The predicted molar refractivity (Wildman–Crippen MR) is 40.0 cm³/mol. The molecule has 0 bridgehead atoms. The topological polar surface area (TPSA) is 32.5 Å². The molecule has 0 radical (unpaired) electrons. The average Bonchev–Trinajstić information content (AvgIpc) is 1.83. The van der Waals surface area contributed by atoms with Gasteiger partial charge >= 0.3 is 0 Å². The summed E-state index contributed by atoms with van der Waals surface area (Å²) >= 11 is 0. The fourth-order valence-electron chi connectivity index (χ4n) is 0.487. The van der Waals surface area contributed by atoms with Crippen LogP contribution in [0.5, 0.6) is 0 Å². The summed E-state index contributed by atoms with van der Waals surface area (Å²) in [5, 5.41) is 1.81. The van der Waals surface area contributed by atoms with Crippen LogP contribution in [0.15, 0.2) is 0 Å². The summed E-state index contributed by atoms with van der Waals surface area (Å²) in [6, 6.07) is 0. The summed E-state index contributed by atoms with van der Waals surface area (Å²) in [4.78, 5) is 2.12. The summed E-state index contributed by atoms with van der Waals surface area (Å²) in [5.41, 5.74) is 0. The first kappa shape index (κ1) is 8.88. The Morgan fingerprint density at radius 1 is 1.22 bits per heavy atom. The summed E-state index contributed by atoms with van der Waals surface area (Å²) in [5.74, 6) is 5.53. The lowest BCUT2D eigenvalue weighted by molar-refractivity contribution is 0.257. The number of rotatable bonds is 4. The van der Waals surface area contributed by atoms with Gasteiger partial charge in [-0.3, -0.25) is 5.84 Å². The molecule has 0 fully saturated rings. The first-order chi connectivity index (χ1) is 4.16. The molecule has 3 heteroatoms. The molecule has 0 amide bonds. The Kier molecular flexibility index (Phi) is 4.67. The number of nitrogens with zero attached hydrogens (tertiary/aromatic N) is 2. The van der Waals surface area contributed by atoms with Crippen LogP contribution >= 0.6 is 0 Å². The van der Waals surface area contributed by atoms with E-state index in [0.29, 0.717) is 0 Å². The molecule has 0 saturated heterocycles. The van der Waals surface area contributed by atoms with E-state index < -0.39 is 0 Å². The average molecular weight is 131 g/mol. The molecule has 9 heavy (non-hydrogen) atoms. The molecule has 0 spiro atoms. The zero-order chi connectivity index (χ0) is 7.28. The number of hydrogen-bond acceptors (Lipinski definition) is 3. The third kappa shape index (κ3) is 5.76. The molecule has 56 valence electrons. The molecule has 0 unspecified atom stereocenters. The Bertz CT molecular complexity index is 63.3. The van der Waals surface area contributed by atoms with Crippen LogP contribution < -0.4 is 5.84 Å². The van der Waals surface area contributed by atoms with Crippen molar-refractivity contribution in [2.24, 2.45) is 5.84 Å². The molecule has 0 aliphatic rings. The zero-order valence-corrected chi connectivity index (χ0v) is 6.59. The van der Waals surface area contributed by atoms with E-state index >= 15 is 0 Å². The molecular weight excluding hydrogens is 114 g/mol. The monoisotopic (exact) mass is 131 g/mol. The lowest BCUT2D eigenvalue weighted by Gasteiger charge is -2.16. The quantitative estimate of drug-likeness (QED) is 0.421. The van der Waals surface area contributed by atoms with Gasteiger partial charge in [-0.1, -0.05) is 6.92 Å². The normalized spacial score (nSPS) is 11.3. The fourth-order valence-corrected chi connectivity index (χ4v) is 0.487. The fraction of sp³-hybridized carbons (Fsp3) is 1.00. The van der Waals surface area contributed by atoms with Crippen molar-refractivity contribution in [3.8, 4) is 0 Å². The van der Waals surface area contributed by atoms with Crippen LogP contribution in [-0.4, -0.2) is 43.6 Å². The van der Waals surface area contributed by atoms with Gasteiger partial charge in [-0.05, 0) is 14.1 Å². The van der Waals surface area contributed by atoms with Crippen molar-refractivity contribution in [2.75, 3.05) is 33.7 Å². The second-order valence-electron chi connectivity index (χ2n) is 2.43. The van der Waals surface area contributed by atoms with E-state index in [1.54, 1.807) is 5.01 Å². The van der Waals surface area contributed by atoms with Gasteiger partial charge in [-0.25, -0.2) is 5.01 Å². The van der Waals surface area contributed by atoms with Crippen molar-refractivity contribution in [1.29, 1.82) is 0 Å². The maximum atomic E-state index is 5.53. The highest BCUT2D eigenvalue weighted by molar-refractivity contribution is 4.47. The van der Waals surface area contributed by atoms with E-state index in [1.165, 1.54) is 0 Å². The van der Waals surface area contributed by atoms with Crippen LogP contribution in [-0.2, 0) is 0 Å². The van der Waals surface area contributed by atoms with Gasteiger partial charge in [-0.15, -0.1) is 0 Å². The molecule has 0 saturated carbocycles. The molecule has 0 aromatic carbocycles. The van der Waals surface area contributed by atoms with Crippen LogP contribution in [0.1, 0.15) is 6.92 Å². The summed E-state index contributed by atoms with van der Waals surface area (Å²) < 4.78 is 0. The van der Waals surface area contributed by atoms with Crippen LogP contribution in [0.3, 0.4) is 0 Å². The van der Waals surface area contributed by atoms with Crippen LogP contribution in [0.2, 0.25) is 0 Å². The summed E-state index contributed by atoms with van der Waals surface area (Å²) in [7, 11) is 4.09. The molecule has 0 aromatic rings. The van der Waals surface area contributed by atoms with Crippen molar-refractivity contribution < 1.29 is 0 Å². The molecule has 0 aliphatic carbocycles. The van der Waals surface area contributed by atoms with E-state index in [1.807, 2.05) is 14.1 Å². The molecule has 0 aliphatic heterocycles. The first-order valence-corrected chi connectivity index (χ1v) is 3.31. The minimum Gasteiger partial charge on any atom is -0.308 e. The third-order valence-electron chi connectivity index (χ3n) is 1.24. The Labute approximate surface area is 57.4 Å².